The number of allylic oxidation sites excluding steroid dienone is 4. The maximum absolute atomic E-state index is 13.3. The van der Waals surface area contributed by atoms with Crippen LogP contribution >= 0.6 is 0 Å². The summed E-state index contributed by atoms with van der Waals surface area (Å²) >= 11 is 0. The number of hydrogen-bond acceptors (Lipinski definition) is 4. The van der Waals surface area contributed by atoms with Gasteiger partial charge in [0.1, 0.15) is 5.75 Å². The zero-order chi connectivity index (χ0) is 21.8. The highest BCUT2D eigenvalue weighted by Crippen LogP contribution is 2.51. The van der Waals surface area contributed by atoms with E-state index in [4.69, 9.17) is 4.74 Å². The maximum Gasteiger partial charge on any atom is 0.162 e. The quantitative estimate of drug-likeness (QED) is 0.724. The van der Waals surface area contributed by atoms with Gasteiger partial charge in [0.05, 0.1) is 6.10 Å². The Morgan fingerprint density at radius 1 is 0.833 bits per heavy atom. The molecule has 0 saturated heterocycles. The van der Waals surface area contributed by atoms with Crippen molar-refractivity contribution in [3.8, 4) is 5.75 Å². The van der Waals surface area contributed by atoms with E-state index in [1.807, 2.05) is 38.1 Å². The van der Waals surface area contributed by atoms with Crippen LogP contribution in [0.4, 0.5) is 0 Å². The van der Waals surface area contributed by atoms with E-state index in [0.717, 1.165) is 46.7 Å². The third-order valence-electron chi connectivity index (χ3n) is 6.30. The van der Waals surface area contributed by atoms with E-state index in [1.165, 1.54) is 0 Å². The smallest absolute Gasteiger partial charge is 0.162 e. The minimum Gasteiger partial charge on any atom is -0.491 e. The van der Waals surface area contributed by atoms with Gasteiger partial charge in [0.2, 0.25) is 0 Å². The average molecular weight is 408 g/mol. The summed E-state index contributed by atoms with van der Waals surface area (Å²) in [5.41, 5.74) is 4.44. The first kappa shape index (κ1) is 20.9. The van der Waals surface area contributed by atoms with Gasteiger partial charge in [-0.2, -0.15) is 0 Å². The van der Waals surface area contributed by atoms with Crippen molar-refractivity contribution in [2.24, 2.45) is 10.8 Å². The molecule has 0 radical (unpaired) electrons. The number of ketones is 2. The summed E-state index contributed by atoms with van der Waals surface area (Å²) in [5, 5.41) is 3.56. The van der Waals surface area contributed by atoms with Crippen LogP contribution in [0.1, 0.15) is 78.7 Å². The molecule has 0 fully saturated rings. The Bertz CT molecular complexity index is 908. The van der Waals surface area contributed by atoms with Crippen LogP contribution in [0, 0.1) is 10.8 Å². The molecular weight excluding hydrogens is 374 g/mol. The van der Waals surface area contributed by atoms with Gasteiger partial charge in [-0.05, 0) is 55.2 Å². The Hall–Kier alpha value is -2.36. The summed E-state index contributed by atoms with van der Waals surface area (Å²) in [7, 11) is 0. The van der Waals surface area contributed by atoms with Gasteiger partial charge in [-0.25, -0.2) is 0 Å². The molecule has 1 aliphatic heterocycles. The molecule has 0 unspecified atom stereocenters. The largest absolute Gasteiger partial charge is 0.491 e. The first-order chi connectivity index (χ1) is 14.0. The lowest BCUT2D eigenvalue weighted by atomic mass is 9.64. The number of carbonyl (C=O) groups is 2. The van der Waals surface area contributed by atoms with E-state index in [0.29, 0.717) is 12.8 Å². The molecule has 0 atom stereocenters. The second-order valence-electron chi connectivity index (χ2n) is 11.0. The van der Waals surface area contributed by atoms with Crippen molar-refractivity contribution in [3.63, 3.8) is 0 Å². The van der Waals surface area contributed by atoms with Crippen molar-refractivity contribution in [2.45, 2.75) is 79.2 Å². The lowest BCUT2D eigenvalue weighted by Gasteiger charge is -2.44. The monoisotopic (exact) mass is 407 g/mol. The lowest BCUT2D eigenvalue weighted by molar-refractivity contribution is -0.119. The summed E-state index contributed by atoms with van der Waals surface area (Å²) in [6.07, 6.45) is 2.78. The molecule has 0 spiro atoms. The SMILES string of the molecule is CC(C)Oc1ccc(C2C3=C(CC(C)(C)CC3=O)NC3=C2C(=O)CC(C)(C)C3)cc1. The molecule has 0 saturated carbocycles. The molecule has 4 heteroatoms. The minimum absolute atomic E-state index is 0.0747. The number of benzene rings is 1. The summed E-state index contributed by atoms with van der Waals surface area (Å²) in [6, 6.07) is 7.94. The van der Waals surface area contributed by atoms with Crippen LogP contribution in [0.15, 0.2) is 46.8 Å². The fourth-order valence-electron chi connectivity index (χ4n) is 5.23. The van der Waals surface area contributed by atoms with Gasteiger partial charge in [0, 0.05) is 41.3 Å². The number of ether oxygens (including phenoxy) is 1. The molecule has 160 valence electrons. The van der Waals surface area contributed by atoms with E-state index in [-0.39, 0.29) is 34.4 Å². The van der Waals surface area contributed by atoms with Gasteiger partial charge in [-0.1, -0.05) is 39.8 Å². The van der Waals surface area contributed by atoms with Crippen LogP contribution < -0.4 is 10.1 Å². The Labute approximate surface area is 179 Å². The van der Waals surface area contributed by atoms with Gasteiger partial charge < -0.3 is 10.1 Å². The zero-order valence-corrected chi connectivity index (χ0v) is 19.0. The molecule has 4 nitrogen and oxygen atoms in total. The van der Waals surface area contributed by atoms with E-state index in [1.54, 1.807) is 0 Å². The lowest BCUT2D eigenvalue weighted by Crippen LogP contribution is -2.42. The Morgan fingerprint density at radius 3 is 1.73 bits per heavy atom. The average Bonchev–Trinajstić information content (AvgIpc) is 2.58. The summed E-state index contributed by atoms with van der Waals surface area (Å²) in [6.45, 7) is 12.6. The van der Waals surface area contributed by atoms with Crippen LogP contribution in [0.5, 0.6) is 5.75 Å². The molecule has 1 heterocycles. The van der Waals surface area contributed by atoms with E-state index < -0.39 is 0 Å². The number of Topliss-reactive ketones (excluding diaryl/α,β-unsaturated/α-hetero) is 2. The number of dihydropyridines is 1. The van der Waals surface area contributed by atoms with E-state index in [2.05, 4.69) is 33.0 Å². The number of rotatable bonds is 3. The van der Waals surface area contributed by atoms with Crippen molar-refractivity contribution in [1.82, 2.24) is 5.32 Å². The molecule has 1 aromatic rings. The Kier molecular flexibility index (Phi) is 4.95. The highest BCUT2D eigenvalue weighted by molar-refractivity contribution is 6.06. The van der Waals surface area contributed by atoms with Crippen LogP contribution in [0.25, 0.3) is 0 Å². The second-order valence-corrected chi connectivity index (χ2v) is 11.0. The van der Waals surface area contributed by atoms with Crippen molar-refractivity contribution >= 4 is 11.6 Å². The van der Waals surface area contributed by atoms with Crippen LogP contribution in [-0.2, 0) is 9.59 Å². The predicted octanol–water partition coefficient (Wildman–Crippen LogP) is 5.45. The molecule has 1 N–H and O–H groups in total. The maximum atomic E-state index is 13.3. The topological polar surface area (TPSA) is 55.4 Å². The van der Waals surface area contributed by atoms with Gasteiger partial charge in [0.15, 0.2) is 11.6 Å². The minimum atomic E-state index is -0.281. The van der Waals surface area contributed by atoms with E-state index >= 15 is 0 Å². The summed E-state index contributed by atoms with van der Waals surface area (Å²) in [5.74, 6) is 0.839. The van der Waals surface area contributed by atoms with Crippen molar-refractivity contribution in [2.75, 3.05) is 0 Å². The molecule has 2 aliphatic carbocycles. The fourth-order valence-corrected chi connectivity index (χ4v) is 5.23. The summed E-state index contributed by atoms with van der Waals surface area (Å²) in [4.78, 5) is 26.6. The molecule has 0 aromatic heterocycles. The number of hydrogen-bond donors (Lipinski definition) is 1. The van der Waals surface area contributed by atoms with Gasteiger partial charge in [-0.3, -0.25) is 9.59 Å². The third-order valence-corrected chi connectivity index (χ3v) is 6.30. The standard InChI is InChI=1S/C26H33NO3/c1-15(2)30-17-9-7-16(8-10-17)22-23-18(11-25(3,4)13-20(23)28)27-19-12-26(5,6)14-21(29)24(19)22/h7-10,15,22,27H,11-14H2,1-6H3. The second kappa shape index (κ2) is 7.11. The zero-order valence-electron chi connectivity index (χ0n) is 19.0. The molecule has 4 rings (SSSR count). The van der Waals surface area contributed by atoms with Gasteiger partial charge >= 0.3 is 0 Å². The van der Waals surface area contributed by atoms with Crippen molar-refractivity contribution < 1.29 is 14.3 Å². The van der Waals surface area contributed by atoms with Crippen molar-refractivity contribution in [1.29, 1.82) is 0 Å². The van der Waals surface area contributed by atoms with Gasteiger partial charge in [-0.15, -0.1) is 0 Å². The molecule has 0 bridgehead atoms. The Balaban J connectivity index is 1.83. The van der Waals surface area contributed by atoms with Crippen LogP contribution in [-0.4, -0.2) is 17.7 Å². The number of nitrogens with one attached hydrogen (secondary N) is 1. The highest BCUT2D eigenvalue weighted by Gasteiger charge is 2.46. The van der Waals surface area contributed by atoms with Gasteiger partial charge in [0.25, 0.3) is 0 Å². The summed E-state index contributed by atoms with van der Waals surface area (Å²) < 4.78 is 5.80. The normalized spacial score (nSPS) is 23.3. The molecule has 30 heavy (non-hydrogen) atoms. The molecule has 1 aromatic carbocycles. The molecule has 0 amide bonds. The molecular formula is C26H33NO3. The van der Waals surface area contributed by atoms with E-state index in [9.17, 15) is 9.59 Å². The molecule has 3 aliphatic rings. The highest BCUT2D eigenvalue weighted by atomic mass is 16.5. The first-order valence-electron chi connectivity index (χ1n) is 11.0. The van der Waals surface area contributed by atoms with Crippen LogP contribution in [0.2, 0.25) is 0 Å². The first-order valence-corrected chi connectivity index (χ1v) is 11.0. The van der Waals surface area contributed by atoms with Crippen LogP contribution in [0.3, 0.4) is 0 Å². The third kappa shape index (κ3) is 3.84. The predicted molar refractivity (Wildman–Crippen MR) is 118 cm³/mol. The Morgan fingerprint density at radius 2 is 1.30 bits per heavy atom. The number of carbonyl (C=O) groups excluding carboxylic acids is 2. The fraction of sp³-hybridized carbons (Fsp3) is 0.538. The van der Waals surface area contributed by atoms with Crippen molar-refractivity contribution in [3.05, 3.63) is 52.4 Å².